The molecule has 4 N–H and O–H groups in total. The van der Waals surface area contributed by atoms with Crippen molar-refractivity contribution >= 4 is 102 Å². The Labute approximate surface area is 313 Å². The van der Waals surface area contributed by atoms with Crippen LogP contribution in [0, 0.1) is 6.92 Å². The Morgan fingerprint density at radius 3 is 2.27 bits per heavy atom. The molecule has 0 bridgehead atoms. The molecule has 260 valence electrons. The zero-order valence-electron chi connectivity index (χ0n) is 28.2. The maximum Gasteiger partial charge on any atom is 0.259 e. The number of aromatic amines is 1. The zero-order chi connectivity index (χ0) is 36.5. The van der Waals surface area contributed by atoms with Gasteiger partial charge in [0.15, 0.2) is 0 Å². The van der Waals surface area contributed by atoms with Gasteiger partial charge in [0, 0.05) is 27.2 Å². The highest BCUT2D eigenvalue weighted by Gasteiger charge is 2.33. The van der Waals surface area contributed by atoms with Crippen LogP contribution >= 0.6 is 34.8 Å². The number of anilines is 1. The van der Waals surface area contributed by atoms with Crippen LogP contribution in [0.1, 0.15) is 40.9 Å². The lowest BCUT2D eigenvalue weighted by Gasteiger charge is -2.13. The van der Waals surface area contributed by atoms with E-state index >= 15 is 0 Å². The number of phenols is 1. The van der Waals surface area contributed by atoms with Crippen LogP contribution in [-0.2, 0) is 11.4 Å². The molecule has 0 saturated heterocycles. The highest BCUT2D eigenvalue weighted by atomic mass is 35.5. The smallest absolute Gasteiger partial charge is 0.259 e. The fourth-order valence-electron chi connectivity index (χ4n) is 6.11. The van der Waals surface area contributed by atoms with Crippen LogP contribution in [0.4, 0.5) is 22.7 Å². The summed E-state index contributed by atoms with van der Waals surface area (Å²) in [7, 11) is 0. The number of nitrogens with zero attached hydrogens (tertiary/aromatic N) is 3. The second kappa shape index (κ2) is 14.7. The van der Waals surface area contributed by atoms with Gasteiger partial charge in [-0.25, -0.2) is 4.99 Å². The number of rotatable bonds is 7. The number of carbonyl (C=O) groups is 1. The highest BCUT2D eigenvalue weighted by Crippen LogP contribution is 2.44. The van der Waals surface area contributed by atoms with Crippen LogP contribution in [0.15, 0.2) is 112 Å². The van der Waals surface area contributed by atoms with Gasteiger partial charge in [-0.15, -0.1) is 5.11 Å². The summed E-state index contributed by atoms with van der Waals surface area (Å²) in [5.41, 5.74) is 8.53. The van der Waals surface area contributed by atoms with Crippen LogP contribution < -0.4 is 10.8 Å². The number of para-hydroxylation sites is 2. The van der Waals surface area contributed by atoms with Gasteiger partial charge < -0.3 is 15.4 Å². The fraction of sp³-hybridized carbons (Fsp3) is 0.100. The minimum atomic E-state index is -0.433. The van der Waals surface area contributed by atoms with Gasteiger partial charge in [0.25, 0.3) is 5.91 Å². The number of phenolic OH excluding ortho intramolecular Hbond substituents is 1. The molecule has 0 atom stereocenters. The number of H-pyrrole nitrogens is 1. The van der Waals surface area contributed by atoms with Gasteiger partial charge in [0.1, 0.15) is 23.9 Å². The van der Waals surface area contributed by atoms with E-state index in [1.54, 1.807) is 31.2 Å². The Morgan fingerprint density at radius 2 is 1.50 bits per heavy atom. The Kier molecular flexibility index (Phi) is 9.85. The molecule has 9 nitrogen and oxygen atoms in total. The summed E-state index contributed by atoms with van der Waals surface area (Å²) < 4.78 is 0. The first-order chi connectivity index (χ1) is 25.3. The van der Waals surface area contributed by atoms with Gasteiger partial charge >= 0.3 is 0 Å². The molecular weight excluding hydrogens is 719 g/mol. The molecule has 0 fully saturated rings. The molecule has 0 aliphatic carbocycles. The van der Waals surface area contributed by atoms with Crippen molar-refractivity contribution in [2.45, 2.75) is 27.4 Å². The largest absolute Gasteiger partial charge is 0.505 e. The standard InChI is InChI=1S/C38H25Cl3N6O3.C2H6/c1-19-31(39)29-30(33(41)32(19)40)38(49)44-37(29)42-22-12-14-23(15-13-22)45-46-35-28-20(11-16-26-25-9-5-6-10-27(25)43-34(26)28)17-21(36(35)48)18-50-47-24-7-3-2-4-8-24;1-2/h2-17,43,47-48H,18H2,1H3,(H,42,44,49);1-2H3. The molecule has 1 aromatic heterocycles. The normalized spacial score (nSPS) is 13.2. The first-order valence-corrected chi connectivity index (χ1v) is 17.6. The molecule has 0 radical (unpaired) electrons. The maximum absolute atomic E-state index is 12.7. The molecule has 0 saturated carbocycles. The van der Waals surface area contributed by atoms with Crippen molar-refractivity contribution in [3.8, 4) is 5.75 Å². The molecule has 1 aliphatic heterocycles. The van der Waals surface area contributed by atoms with Gasteiger partial charge in [-0.1, -0.05) is 97.2 Å². The summed E-state index contributed by atoms with van der Waals surface area (Å²) in [5.74, 6) is -0.213. The topological polar surface area (TPSA) is 123 Å². The molecule has 7 aromatic rings. The lowest BCUT2D eigenvalue weighted by molar-refractivity contribution is 0.0983. The Morgan fingerprint density at radius 1 is 0.788 bits per heavy atom. The number of hydrogen-bond donors (Lipinski definition) is 4. The number of halogens is 3. The first-order valence-electron chi connectivity index (χ1n) is 16.5. The summed E-state index contributed by atoms with van der Waals surface area (Å²) in [6, 6.07) is 30.4. The van der Waals surface area contributed by atoms with E-state index < -0.39 is 5.91 Å². The van der Waals surface area contributed by atoms with Crippen molar-refractivity contribution in [1.82, 2.24) is 10.3 Å². The van der Waals surface area contributed by atoms with Crippen molar-refractivity contribution in [3.63, 3.8) is 0 Å². The van der Waals surface area contributed by atoms with Crippen molar-refractivity contribution in [3.05, 3.63) is 134 Å². The summed E-state index contributed by atoms with van der Waals surface area (Å²) in [6.07, 6.45) is 0. The molecule has 8 rings (SSSR count). The van der Waals surface area contributed by atoms with Gasteiger partial charge in [-0.2, -0.15) is 5.11 Å². The van der Waals surface area contributed by atoms with E-state index in [-0.39, 0.29) is 33.8 Å². The van der Waals surface area contributed by atoms with E-state index in [2.05, 4.69) is 43.1 Å². The molecule has 1 aliphatic rings. The SMILES string of the molecule is CC.Cc1c(Cl)c(Cl)c2c(c1Cl)C(=Nc1ccc(N=Nc3c(O)c(CONc4ccccc4)cc4ccc5c6ccccc6[nH]c5c34)cc1)NC2=O. The summed E-state index contributed by atoms with van der Waals surface area (Å²) >= 11 is 19.2. The van der Waals surface area contributed by atoms with E-state index in [0.717, 1.165) is 38.3 Å². The number of amidine groups is 1. The van der Waals surface area contributed by atoms with Gasteiger partial charge in [0.2, 0.25) is 0 Å². The third kappa shape index (κ3) is 6.33. The second-order valence-electron chi connectivity index (χ2n) is 11.7. The number of aromatic nitrogens is 1. The Balaban J connectivity index is 0.00000207. The highest BCUT2D eigenvalue weighted by molar-refractivity contribution is 6.49. The number of azo groups is 1. The van der Waals surface area contributed by atoms with Crippen LogP contribution in [-0.4, -0.2) is 21.8 Å². The van der Waals surface area contributed by atoms with E-state index in [4.69, 9.17) is 39.6 Å². The predicted molar refractivity (Wildman–Crippen MR) is 212 cm³/mol. The zero-order valence-corrected chi connectivity index (χ0v) is 30.5. The fourth-order valence-corrected chi connectivity index (χ4v) is 6.95. The monoisotopic (exact) mass is 748 g/mol. The van der Waals surface area contributed by atoms with E-state index in [1.807, 2.05) is 74.5 Å². The number of carbonyl (C=O) groups excluding carboxylic acids is 1. The lowest BCUT2D eigenvalue weighted by Crippen LogP contribution is -2.21. The summed E-state index contributed by atoms with van der Waals surface area (Å²) in [4.78, 5) is 26.6. The number of aliphatic imine (C=N–C) groups is 1. The maximum atomic E-state index is 12.7. The lowest BCUT2D eigenvalue weighted by atomic mass is 10.0. The molecule has 1 amide bonds. The molecule has 52 heavy (non-hydrogen) atoms. The third-order valence-corrected chi connectivity index (χ3v) is 10.0. The van der Waals surface area contributed by atoms with Crippen molar-refractivity contribution in [2.75, 3.05) is 5.48 Å². The van der Waals surface area contributed by atoms with Crippen molar-refractivity contribution in [1.29, 1.82) is 0 Å². The van der Waals surface area contributed by atoms with E-state index in [0.29, 0.717) is 38.8 Å². The Hall–Kier alpha value is -5.45. The van der Waals surface area contributed by atoms with E-state index in [1.165, 1.54) is 0 Å². The summed E-state index contributed by atoms with van der Waals surface area (Å²) in [5, 5.41) is 27.8. The van der Waals surface area contributed by atoms with Gasteiger partial charge in [-0.05, 0) is 66.4 Å². The van der Waals surface area contributed by atoms with Crippen molar-refractivity contribution in [2.24, 2.45) is 15.2 Å². The molecule has 6 aromatic carbocycles. The van der Waals surface area contributed by atoms with Gasteiger partial charge in [0.05, 0.1) is 48.8 Å². The number of hydrogen-bond acceptors (Lipinski definition) is 7. The minimum absolute atomic E-state index is 0.0492. The molecular formula is C40H31Cl3N6O3. The van der Waals surface area contributed by atoms with Crippen LogP contribution in [0.3, 0.4) is 0 Å². The third-order valence-electron chi connectivity index (χ3n) is 8.59. The molecule has 2 heterocycles. The number of aromatic hydroxyl groups is 1. The average molecular weight is 750 g/mol. The minimum Gasteiger partial charge on any atom is -0.505 e. The number of benzene rings is 6. The number of amides is 1. The predicted octanol–water partition coefficient (Wildman–Crippen LogP) is 12.3. The molecule has 0 unspecified atom stereocenters. The van der Waals surface area contributed by atoms with Crippen LogP contribution in [0.5, 0.6) is 5.75 Å². The number of nitrogens with one attached hydrogen (secondary N) is 3. The van der Waals surface area contributed by atoms with Crippen LogP contribution in [0.25, 0.3) is 32.6 Å². The average Bonchev–Trinajstić information content (AvgIpc) is 3.71. The van der Waals surface area contributed by atoms with Gasteiger partial charge in [-0.3, -0.25) is 15.1 Å². The van der Waals surface area contributed by atoms with E-state index in [9.17, 15) is 9.90 Å². The number of fused-ring (bicyclic) bond motifs is 6. The summed E-state index contributed by atoms with van der Waals surface area (Å²) in [6.45, 7) is 5.80. The first kappa shape index (κ1) is 35.0. The molecule has 0 spiro atoms. The van der Waals surface area contributed by atoms with Crippen LogP contribution in [0.2, 0.25) is 15.1 Å². The quantitative estimate of drug-likeness (QED) is 0.0735. The Bertz CT molecular complexity index is 2570. The molecule has 12 heteroatoms. The second-order valence-corrected chi connectivity index (χ2v) is 12.8. The van der Waals surface area contributed by atoms with Crippen molar-refractivity contribution < 1.29 is 14.7 Å².